The van der Waals surface area contributed by atoms with Gasteiger partial charge in [-0.1, -0.05) is 56.3 Å². The molecule has 0 saturated heterocycles. The summed E-state index contributed by atoms with van der Waals surface area (Å²) in [6.07, 6.45) is 4.29. The van der Waals surface area contributed by atoms with Crippen molar-refractivity contribution in [3.8, 4) is 0 Å². The number of nitrogens with one attached hydrogen (secondary N) is 1. The average Bonchev–Trinajstić information content (AvgIpc) is 2.58. The fourth-order valence-corrected chi connectivity index (χ4v) is 2.64. The van der Waals surface area contributed by atoms with Gasteiger partial charge in [-0.25, -0.2) is 0 Å². The van der Waals surface area contributed by atoms with Crippen molar-refractivity contribution in [2.75, 3.05) is 18.5 Å². The number of hydrazone groups is 1. The largest absolute Gasteiger partial charge is 0.299 e. The summed E-state index contributed by atoms with van der Waals surface area (Å²) in [6.45, 7) is 7.73. The summed E-state index contributed by atoms with van der Waals surface area (Å²) in [5.41, 5.74) is 6.58. The summed E-state index contributed by atoms with van der Waals surface area (Å²) < 4.78 is 0. The highest BCUT2D eigenvalue weighted by Gasteiger charge is 2.06. The second-order valence-corrected chi connectivity index (χ2v) is 5.71. The first kappa shape index (κ1) is 17.2. The van der Waals surface area contributed by atoms with Crippen molar-refractivity contribution in [3.05, 3.63) is 65.7 Å². The molecule has 3 heteroatoms. The van der Waals surface area contributed by atoms with Crippen LogP contribution < -0.4 is 5.43 Å². The zero-order valence-electron chi connectivity index (χ0n) is 14.2. The number of para-hydroxylation sites is 1. The Morgan fingerprint density at radius 1 is 0.913 bits per heavy atom. The molecule has 23 heavy (non-hydrogen) atoms. The smallest absolute Gasteiger partial charge is 0.0561 e. The lowest BCUT2D eigenvalue weighted by Gasteiger charge is -2.21. The first-order chi connectivity index (χ1) is 11.3. The van der Waals surface area contributed by atoms with Crippen LogP contribution in [0.5, 0.6) is 0 Å². The van der Waals surface area contributed by atoms with Crippen LogP contribution in [0.4, 0.5) is 5.69 Å². The van der Waals surface area contributed by atoms with Gasteiger partial charge in [0.25, 0.3) is 0 Å². The standard InChI is InChI=1S/C20H27N3/c1-3-14-23(15-4-2)17-19-11-9-8-10-18(19)16-21-22-20-12-6-5-7-13-20/h5-13,16,22H,3-4,14-15,17H2,1-2H3. The highest BCUT2D eigenvalue weighted by atomic mass is 15.3. The lowest BCUT2D eigenvalue weighted by molar-refractivity contribution is 0.266. The molecule has 0 spiro atoms. The molecule has 0 unspecified atom stereocenters. The van der Waals surface area contributed by atoms with Gasteiger partial charge in [0.1, 0.15) is 0 Å². The Morgan fingerprint density at radius 3 is 2.26 bits per heavy atom. The number of hydrogen-bond acceptors (Lipinski definition) is 3. The lowest BCUT2D eigenvalue weighted by Crippen LogP contribution is -2.25. The van der Waals surface area contributed by atoms with Crippen molar-refractivity contribution in [1.29, 1.82) is 0 Å². The number of anilines is 1. The van der Waals surface area contributed by atoms with Crippen LogP contribution in [0.1, 0.15) is 37.8 Å². The van der Waals surface area contributed by atoms with Crippen LogP contribution in [-0.4, -0.2) is 24.2 Å². The third-order valence-corrected chi connectivity index (χ3v) is 3.70. The number of hydrogen-bond donors (Lipinski definition) is 1. The Balaban J connectivity index is 2.04. The first-order valence-corrected chi connectivity index (χ1v) is 8.47. The maximum Gasteiger partial charge on any atom is 0.0561 e. The molecule has 1 N–H and O–H groups in total. The maximum absolute atomic E-state index is 4.38. The van der Waals surface area contributed by atoms with Crippen LogP contribution in [0.2, 0.25) is 0 Å². The Kier molecular flexibility index (Phi) is 7.34. The fourth-order valence-electron chi connectivity index (χ4n) is 2.64. The van der Waals surface area contributed by atoms with Crippen molar-refractivity contribution < 1.29 is 0 Å². The minimum Gasteiger partial charge on any atom is -0.299 e. The minimum atomic E-state index is 0.981. The molecule has 2 aromatic rings. The van der Waals surface area contributed by atoms with Gasteiger partial charge in [-0.15, -0.1) is 0 Å². The summed E-state index contributed by atoms with van der Waals surface area (Å²) in [5, 5.41) is 4.38. The molecule has 0 aliphatic rings. The van der Waals surface area contributed by atoms with E-state index >= 15 is 0 Å². The van der Waals surface area contributed by atoms with Gasteiger partial charge in [0.2, 0.25) is 0 Å². The first-order valence-electron chi connectivity index (χ1n) is 8.47. The summed E-state index contributed by atoms with van der Waals surface area (Å²) in [5.74, 6) is 0. The van der Waals surface area contributed by atoms with Crippen LogP contribution in [0.15, 0.2) is 59.7 Å². The molecule has 0 heterocycles. The molecule has 0 amide bonds. The Bertz CT molecular complexity index is 587. The zero-order valence-corrected chi connectivity index (χ0v) is 14.2. The van der Waals surface area contributed by atoms with Crippen molar-refractivity contribution in [3.63, 3.8) is 0 Å². The van der Waals surface area contributed by atoms with E-state index in [1.165, 1.54) is 24.0 Å². The van der Waals surface area contributed by atoms with Crippen LogP contribution >= 0.6 is 0 Å². The molecule has 0 aromatic heterocycles. The lowest BCUT2D eigenvalue weighted by atomic mass is 10.1. The third kappa shape index (κ3) is 5.87. The fraction of sp³-hybridized carbons (Fsp3) is 0.350. The quantitative estimate of drug-likeness (QED) is 0.534. The van der Waals surface area contributed by atoms with Crippen LogP contribution in [0, 0.1) is 0 Å². The molecule has 2 aromatic carbocycles. The number of benzene rings is 2. The molecule has 2 rings (SSSR count). The Labute approximate surface area is 140 Å². The topological polar surface area (TPSA) is 27.6 Å². The van der Waals surface area contributed by atoms with E-state index in [4.69, 9.17) is 0 Å². The van der Waals surface area contributed by atoms with Gasteiger partial charge < -0.3 is 0 Å². The SMILES string of the molecule is CCCN(CCC)Cc1ccccc1C=NNc1ccccc1. The van der Waals surface area contributed by atoms with Gasteiger partial charge in [0.15, 0.2) is 0 Å². The Morgan fingerprint density at radius 2 is 1.57 bits per heavy atom. The predicted octanol–water partition coefficient (Wildman–Crippen LogP) is 4.75. The highest BCUT2D eigenvalue weighted by Crippen LogP contribution is 2.11. The second kappa shape index (κ2) is 9.80. The number of nitrogens with zero attached hydrogens (tertiary/aromatic N) is 2. The molecule has 0 fully saturated rings. The molecule has 0 radical (unpaired) electrons. The minimum absolute atomic E-state index is 0.981. The number of rotatable bonds is 9. The molecule has 0 aliphatic carbocycles. The van der Waals surface area contributed by atoms with E-state index in [2.05, 4.69) is 53.5 Å². The van der Waals surface area contributed by atoms with E-state index < -0.39 is 0 Å². The van der Waals surface area contributed by atoms with Crippen molar-refractivity contribution in [1.82, 2.24) is 4.90 Å². The van der Waals surface area contributed by atoms with Gasteiger partial charge in [-0.3, -0.25) is 10.3 Å². The van der Waals surface area contributed by atoms with E-state index in [0.717, 1.165) is 25.3 Å². The van der Waals surface area contributed by atoms with Crippen molar-refractivity contribution in [2.24, 2.45) is 5.10 Å². The zero-order chi connectivity index (χ0) is 16.3. The van der Waals surface area contributed by atoms with Gasteiger partial charge in [0, 0.05) is 6.54 Å². The van der Waals surface area contributed by atoms with Gasteiger partial charge >= 0.3 is 0 Å². The monoisotopic (exact) mass is 309 g/mol. The Hall–Kier alpha value is -2.13. The van der Waals surface area contributed by atoms with Crippen LogP contribution in [-0.2, 0) is 6.54 Å². The molecule has 3 nitrogen and oxygen atoms in total. The van der Waals surface area contributed by atoms with E-state index in [-0.39, 0.29) is 0 Å². The third-order valence-electron chi connectivity index (χ3n) is 3.70. The van der Waals surface area contributed by atoms with E-state index in [1.807, 2.05) is 36.5 Å². The van der Waals surface area contributed by atoms with E-state index in [9.17, 15) is 0 Å². The van der Waals surface area contributed by atoms with Crippen LogP contribution in [0.25, 0.3) is 0 Å². The molecular formula is C20H27N3. The summed E-state index contributed by atoms with van der Waals surface area (Å²) in [4.78, 5) is 2.51. The van der Waals surface area contributed by atoms with Gasteiger partial charge in [-0.2, -0.15) is 5.10 Å². The van der Waals surface area contributed by atoms with E-state index in [1.54, 1.807) is 0 Å². The predicted molar refractivity (Wildman–Crippen MR) is 100.0 cm³/mol. The van der Waals surface area contributed by atoms with Crippen LogP contribution in [0.3, 0.4) is 0 Å². The molecule has 0 saturated carbocycles. The average molecular weight is 309 g/mol. The molecular weight excluding hydrogens is 282 g/mol. The van der Waals surface area contributed by atoms with Gasteiger partial charge in [-0.05, 0) is 49.2 Å². The highest BCUT2D eigenvalue weighted by molar-refractivity contribution is 5.82. The van der Waals surface area contributed by atoms with Crippen molar-refractivity contribution >= 4 is 11.9 Å². The molecule has 0 bridgehead atoms. The molecule has 122 valence electrons. The van der Waals surface area contributed by atoms with E-state index in [0.29, 0.717) is 0 Å². The second-order valence-electron chi connectivity index (χ2n) is 5.71. The normalized spacial score (nSPS) is 11.3. The summed E-state index contributed by atoms with van der Waals surface area (Å²) in [6, 6.07) is 18.5. The summed E-state index contributed by atoms with van der Waals surface area (Å²) >= 11 is 0. The maximum atomic E-state index is 4.38. The molecule has 0 atom stereocenters. The van der Waals surface area contributed by atoms with Crippen molar-refractivity contribution in [2.45, 2.75) is 33.2 Å². The molecule has 0 aliphatic heterocycles. The summed E-state index contributed by atoms with van der Waals surface area (Å²) in [7, 11) is 0. The van der Waals surface area contributed by atoms with Gasteiger partial charge in [0.05, 0.1) is 11.9 Å².